The molecule has 2 unspecified atom stereocenters. The molecule has 2 fully saturated rings. The molecule has 0 spiro atoms. The summed E-state index contributed by atoms with van der Waals surface area (Å²) >= 11 is 1.44. The molecule has 17 heteroatoms. The predicted molar refractivity (Wildman–Crippen MR) is 291 cm³/mol. The molecule has 3 N–H and O–H groups in total. The third-order valence-corrected chi connectivity index (χ3v) is 15.7. The summed E-state index contributed by atoms with van der Waals surface area (Å²) in [7, 11) is 1.81. The van der Waals surface area contributed by atoms with E-state index < -0.39 is 17.5 Å². The summed E-state index contributed by atoms with van der Waals surface area (Å²) in [6, 6.07) is 29.0. The van der Waals surface area contributed by atoms with E-state index in [1.807, 2.05) is 120 Å². The van der Waals surface area contributed by atoms with Crippen molar-refractivity contribution in [2.45, 2.75) is 91.2 Å². The van der Waals surface area contributed by atoms with Gasteiger partial charge in [-0.1, -0.05) is 54.7 Å². The number of anilines is 3. The first kappa shape index (κ1) is 51.0. The molecule has 0 saturated carbocycles. The lowest BCUT2D eigenvalue weighted by molar-refractivity contribution is -0.134. The van der Waals surface area contributed by atoms with E-state index >= 15 is 0 Å². The number of pyridine rings is 1. The third kappa shape index (κ3) is 11.3. The first-order valence-electron chi connectivity index (χ1n) is 25.9. The molecule has 6 heterocycles. The summed E-state index contributed by atoms with van der Waals surface area (Å²) in [6.45, 7) is 13.4. The van der Waals surface area contributed by atoms with Crippen LogP contribution in [0.2, 0.25) is 0 Å². The van der Waals surface area contributed by atoms with E-state index in [4.69, 9.17) is 14.5 Å². The number of nitrogens with zero attached hydrogens (tertiary/aromatic N) is 6. The Bertz CT molecular complexity index is 3320. The average molecular weight is 1030 g/mol. The van der Waals surface area contributed by atoms with Crippen LogP contribution in [0.1, 0.15) is 109 Å². The van der Waals surface area contributed by atoms with E-state index in [1.54, 1.807) is 4.68 Å². The van der Waals surface area contributed by atoms with Crippen LogP contribution in [0.5, 0.6) is 5.75 Å². The summed E-state index contributed by atoms with van der Waals surface area (Å²) in [5.41, 5.74) is 7.34. The minimum Gasteiger partial charge on any atom is -0.493 e. The van der Waals surface area contributed by atoms with Crippen LogP contribution in [0.25, 0.3) is 32.2 Å². The first-order chi connectivity index (χ1) is 36.0. The van der Waals surface area contributed by atoms with Gasteiger partial charge in [-0.3, -0.25) is 39.4 Å². The second-order valence-electron chi connectivity index (χ2n) is 21.1. The molecule has 3 aromatic heterocycles. The number of esters is 1. The van der Waals surface area contributed by atoms with Crippen LogP contribution < -0.4 is 25.6 Å². The van der Waals surface area contributed by atoms with Crippen LogP contribution in [0, 0.1) is 18.8 Å². The van der Waals surface area contributed by atoms with Crippen molar-refractivity contribution in [2.24, 2.45) is 18.9 Å². The van der Waals surface area contributed by atoms with Crippen molar-refractivity contribution in [1.29, 1.82) is 0 Å². The minimum atomic E-state index is -0.754. The van der Waals surface area contributed by atoms with Gasteiger partial charge in [-0.15, -0.1) is 0 Å². The fourth-order valence-corrected chi connectivity index (χ4v) is 11.6. The van der Waals surface area contributed by atoms with Crippen LogP contribution in [0.3, 0.4) is 0 Å². The van der Waals surface area contributed by atoms with Crippen LogP contribution in [0.4, 0.5) is 16.6 Å². The quantitative estimate of drug-likeness (QED) is 0.0692. The van der Waals surface area contributed by atoms with Crippen molar-refractivity contribution in [3.8, 4) is 16.9 Å². The second kappa shape index (κ2) is 21.4. The van der Waals surface area contributed by atoms with E-state index in [0.717, 1.165) is 81.5 Å². The Balaban J connectivity index is 0.752. The third-order valence-electron chi connectivity index (χ3n) is 14.8. The predicted octanol–water partition coefficient (Wildman–Crippen LogP) is 9.60. The van der Waals surface area contributed by atoms with Gasteiger partial charge in [0.05, 0.1) is 40.5 Å². The molecule has 10 rings (SSSR count). The maximum Gasteiger partial charge on any atom is 0.358 e. The monoisotopic (exact) mass is 1030 g/mol. The highest BCUT2D eigenvalue weighted by molar-refractivity contribution is 7.22. The van der Waals surface area contributed by atoms with Crippen molar-refractivity contribution < 1.29 is 33.4 Å². The molecule has 2 saturated heterocycles. The number of nitrogens with one attached hydrogen (secondary N) is 3. The van der Waals surface area contributed by atoms with Gasteiger partial charge in [0.2, 0.25) is 17.7 Å². The molecule has 2 atom stereocenters. The number of fused-ring (bicyclic) bond motifs is 3. The molecular formula is C58H63N9O7S. The smallest absolute Gasteiger partial charge is 0.358 e. The van der Waals surface area contributed by atoms with Gasteiger partial charge in [0, 0.05) is 48.8 Å². The molecular weight excluding hydrogens is 967 g/mol. The minimum absolute atomic E-state index is 0.0868. The topological polar surface area (TPSA) is 190 Å². The zero-order valence-corrected chi connectivity index (χ0v) is 44.1. The summed E-state index contributed by atoms with van der Waals surface area (Å²) in [5.74, 6) is 0.334. The molecule has 4 aromatic carbocycles. The van der Waals surface area contributed by atoms with E-state index in [-0.39, 0.29) is 35.7 Å². The summed E-state index contributed by atoms with van der Waals surface area (Å²) in [6.07, 6.45) is 4.22. The number of aryl methyl sites for hydroxylation is 1. The Morgan fingerprint density at radius 2 is 1.68 bits per heavy atom. The number of carbonyl (C=O) groups excluding carboxylic acids is 5. The Morgan fingerprint density at radius 3 is 2.47 bits per heavy atom. The highest BCUT2D eigenvalue weighted by atomic mass is 32.1. The van der Waals surface area contributed by atoms with E-state index in [9.17, 15) is 24.0 Å². The van der Waals surface area contributed by atoms with Crippen molar-refractivity contribution in [1.82, 2.24) is 30.0 Å². The van der Waals surface area contributed by atoms with E-state index in [1.165, 1.54) is 11.3 Å². The molecule has 75 heavy (non-hydrogen) atoms. The number of imide groups is 1. The van der Waals surface area contributed by atoms with Crippen molar-refractivity contribution in [3.05, 3.63) is 125 Å². The van der Waals surface area contributed by atoms with Crippen LogP contribution in [-0.2, 0) is 39.1 Å². The second-order valence-corrected chi connectivity index (χ2v) is 22.1. The van der Waals surface area contributed by atoms with Gasteiger partial charge in [0.1, 0.15) is 17.2 Å². The standard InChI is InChI=1S/C58H63N9O7S/c1-34(36-23-27-66(28-24-36)33-51(69)59-38-17-18-42-46(31-38)65(6)64-52(42)43-20-22-50(68)62-55(43)71)26-30-73-47-15-10-12-39(35(47)2)40-19-21-49(61-53(40)56(72)74-58(3,4)5)67-29-25-37-11-9-13-41(44(37)32-67)54(70)63-57-60-45-14-7-8-16-48(45)75-57/h7-19,21,31,34,36,43H,20,22-30,32-33H2,1-6H3,(H,59,69)(H,60,63,70)(H,62,68,71). The molecule has 4 amide bonds. The Hall–Kier alpha value is -7.50. The SMILES string of the molecule is Cc1c(OCCC(C)C2CCN(CC(=O)Nc3ccc4c(C5CCC(=O)NC5=O)nn(C)c4c3)CC2)cccc1-c1ccc(N2CCc3cccc(C(=O)Nc4nc5ccccc5s4)c3C2)nc1C(=O)OC(C)(C)C. The number of ether oxygens (including phenoxy) is 2. The van der Waals surface area contributed by atoms with Crippen molar-refractivity contribution in [2.75, 3.05) is 48.3 Å². The average Bonchev–Trinajstić information content (AvgIpc) is 3.96. The number of para-hydroxylation sites is 1. The molecule has 0 radical (unpaired) electrons. The molecule has 0 bridgehead atoms. The van der Waals surface area contributed by atoms with Crippen LogP contribution in [-0.4, -0.2) is 92.6 Å². The van der Waals surface area contributed by atoms with Crippen LogP contribution >= 0.6 is 11.3 Å². The fourth-order valence-electron chi connectivity index (χ4n) is 10.7. The van der Waals surface area contributed by atoms with Gasteiger partial charge in [0.15, 0.2) is 10.8 Å². The number of benzene rings is 4. The lowest BCUT2D eigenvalue weighted by Crippen LogP contribution is -2.40. The van der Waals surface area contributed by atoms with Gasteiger partial charge in [-0.2, -0.15) is 5.10 Å². The van der Waals surface area contributed by atoms with Gasteiger partial charge >= 0.3 is 5.97 Å². The molecule has 7 aromatic rings. The maximum absolute atomic E-state index is 14.1. The number of hydrogen-bond acceptors (Lipinski definition) is 13. The maximum atomic E-state index is 14.1. The van der Waals surface area contributed by atoms with Crippen molar-refractivity contribution in [3.63, 3.8) is 0 Å². The number of thiazole rings is 1. The van der Waals surface area contributed by atoms with Crippen molar-refractivity contribution >= 4 is 78.7 Å². The Kier molecular flexibility index (Phi) is 14.5. The summed E-state index contributed by atoms with van der Waals surface area (Å²) < 4.78 is 15.2. The molecule has 3 aliphatic rings. The molecule has 3 aliphatic heterocycles. The molecule has 388 valence electrons. The highest BCUT2D eigenvalue weighted by Crippen LogP contribution is 2.37. The lowest BCUT2D eigenvalue weighted by atomic mass is 9.84. The number of piperidine rings is 2. The van der Waals surface area contributed by atoms with Crippen LogP contribution in [0.15, 0.2) is 91.0 Å². The van der Waals surface area contributed by atoms with E-state index in [2.05, 4.69) is 48.8 Å². The summed E-state index contributed by atoms with van der Waals surface area (Å²) in [4.78, 5) is 79.4. The largest absolute Gasteiger partial charge is 0.493 e. The highest BCUT2D eigenvalue weighted by Gasteiger charge is 2.33. The van der Waals surface area contributed by atoms with Gasteiger partial charge in [-0.25, -0.2) is 14.8 Å². The molecule has 16 nitrogen and oxygen atoms in total. The number of hydrogen-bond donors (Lipinski definition) is 3. The first-order valence-corrected chi connectivity index (χ1v) is 26.7. The molecule has 0 aliphatic carbocycles. The number of aromatic nitrogens is 4. The Morgan fingerprint density at radius 1 is 0.880 bits per heavy atom. The van der Waals surface area contributed by atoms with Gasteiger partial charge < -0.3 is 19.7 Å². The number of carbonyl (C=O) groups is 5. The summed E-state index contributed by atoms with van der Waals surface area (Å²) in [5, 5.41) is 14.5. The zero-order chi connectivity index (χ0) is 52.5. The lowest BCUT2D eigenvalue weighted by Gasteiger charge is -2.34. The normalized spacial score (nSPS) is 16.9. The fraction of sp³-hybridized carbons (Fsp3) is 0.379. The van der Waals surface area contributed by atoms with Gasteiger partial charge in [0.25, 0.3) is 5.91 Å². The number of amides is 4. The van der Waals surface area contributed by atoms with Gasteiger partial charge in [-0.05, 0) is 162 Å². The zero-order valence-electron chi connectivity index (χ0n) is 43.3. The number of rotatable bonds is 14. The number of likely N-dealkylation sites (tertiary alicyclic amines) is 1. The van der Waals surface area contributed by atoms with E-state index in [0.29, 0.717) is 84.4 Å². The Labute approximate surface area is 440 Å².